The molecule has 1 aliphatic heterocycles. The molecular weight excluding hydrogens is 288 g/mol. The lowest BCUT2D eigenvalue weighted by Gasteiger charge is -2.40. The lowest BCUT2D eigenvalue weighted by molar-refractivity contribution is 0.0358. The number of sulfonamides is 1. The Balaban J connectivity index is 2.08. The van der Waals surface area contributed by atoms with Gasteiger partial charge in [0.1, 0.15) is 0 Å². The fourth-order valence-electron chi connectivity index (χ4n) is 2.69. The predicted octanol–water partition coefficient (Wildman–Crippen LogP) is 1.44. The van der Waals surface area contributed by atoms with E-state index in [0.717, 1.165) is 12.8 Å². The second kappa shape index (κ2) is 6.87. The Labute approximate surface area is 127 Å². The van der Waals surface area contributed by atoms with Gasteiger partial charge in [0, 0.05) is 31.3 Å². The van der Waals surface area contributed by atoms with Gasteiger partial charge in [0.25, 0.3) is 0 Å². The van der Waals surface area contributed by atoms with Gasteiger partial charge in [0.2, 0.25) is 10.0 Å². The maximum absolute atomic E-state index is 11.4. The first kappa shape index (κ1) is 16.4. The summed E-state index contributed by atoms with van der Waals surface area (Å²) in [5, 5.41) is 3.61. The van der Waals surface area contributed by atoms with Gasteiger partial charge in [-0.15, -0.1) is 0 Å². The standard InChI is InChI=1S/C15H24N2O3S/c1-13(14-6-4-3-5-7-14)17-15(8-10-20-11-9-15)12-16-21(2,18)19/h3-7,13,16-17H,8-12H2,1-2H3/t13-/m1/s1. The molecule has 21 heavy (non-hydrogen) atoms. The van der Waals surface area contributed by atoms with Crippen molar-refractivity contribution in [3.8, 4) is 0 Å². The van der Waals surface area contributed by atoms with Crippen molar-refractivity contribution in [2.75, 3.05) is 26.0 Å². The maximum Gasteiger partial charge on any atom is 0.208 e. The summed E-state index contributed by atoms with van der Waals surface area (Å²) in [7, 11) is -3.19. The molecule has 6 heteroatoms. The van der Waals surface area contributed by atoms with Gasteiger partial charge in [-0.1, -0.05) is 30.3 Å². The van der Waals surface area contributed by atoms with Crippen molar-refractivity contribution in [2.45, 2.75) is 31.3 Å². The Kier molecular flexibility index (Phi) is 5.37. The third kappa shape index (κ3) is 5.07. The maximum atomic E-state index is 11.4. The first-order chi connectivity index (χ1) is 9.90. The van der Waals surface area contributed by atoms with Crippen LogP contribution in [0, 0.1) is 0 Å². The molecule has 0 unspecified atom stereocenters. The van der Waals surface area contributed by atoms with Crippen LogP contribution in [0.25, 0.3) is 0 Å². The fraction of sp³-hybridized carbons (Fsp3) is 0.600. The van der Waals surface area contributed by atoms with Crippen molar-refractivity contribution in [1.29, 1.82) is 0 Å². The Bertz CT molecular complexity index is 539. The van der Waals surface area contributed by atoms with Gasteiger partial charge < -0.3 is 10.1 Å². The summed E-state index contributed by atoms with van der Waals surface area (Å²) >= 11 is 0. The highest BCUT2D eigenvalue weighted by Gasteiger charge is 2.34. The summed E-state index contributed by atoms with van der Waals surface area (Å²) in [6.07, 6.45) is 2.79. The van der Waals surface area contributed by atoms with E-state index in [-0.39, 0.29) is 11.6 Å². The normalized spacial score (nSPS) is 20.1. The van der Waals surface area contributed by atoms with E-state index in [2.05, 4.69) is 29.1 Å². The zero-order valence-corrected chi connectivity index (χ0v) is 13.4. The molecule has 2 rings (SSSR count). The lowest BCUT2D eigenvalue weighted by atomic mass is 9.88. The number of rotatable bonds is 6. The van der Waals surface area contributed by atoms with Crippen molar-refractivity contribution in [3.63, 3.8) is 0 Å². The molecule has 0 spiro atoms. The molecule has 0 aromatic heterocycles. The zero-order chi connectivity index (χ0) is 15.3. The zero-order valence-electron chi connectivity index (χ0n) is 12.6. The van der Waals surface area contributed by atoms with Crippen LogP contribution in [0.15, 0.2) is 30.3 Å². The van der Waals surface area contributed by atoms with Crippen LogP contribution in [-0.4, -0.2) is 40.0 Å². The average Bonchev–Trinajstić information content (AvgIpc) is 2.46. The number of benzene rings is 1. The van der Waals surface area contributed by atoms with Gasteiger partial charge in [-0.3, -0.25) is 0 Å². The second-order valence-electron chi connectivity index (χ2n) is 5.76. The van der Waals surface area contributed by atoms with Crippen molar-refractivity contribution in [2.24, 2.45) is 0 Å². The molecule has 1 fully saturated rings. The van der Waals surface area contributed by atoms with Crippen LogP contribution < -0.4 is 10.0 Å². The minimum Gasteiger partial charge on any atom is -0.381 e. The van der Waals surface area contributed by atoms with Crippen LogP contribution in [0.3, 0.4) is 0 Å². The largest absolute Gasteiger partial charge is 0.381 e. The molecule has 0 aliphatic carbocycles. The van der Waals surface area contributed by atoms with Crippen LogP contribution in [0.4, 0.5) is 0 Å². The Morgan fingerprint density at radius 3 is 2.43 bits per heavy atom. The predicted molar refractivity (Wildman–Crippen MR) is 83.6 cm³/mol. The van der Waals surface area contributed by atoms with E-state index in [1.807, 2.05) is 18.2 Å². The summed E-state index contributed by atoms with van der Waals surface area (Å²) < 4.78 is 30.9. The fourth-order valence-corrected chi connectivity index (χ4v) is 3.23. The van der Waals surface area contributed by atoms with Gasteiger partial charge in [-0.05, 0) is 25.3 Å². The minimum absolute atomic E-state index is 0.158. The molecule has 1 saturated heterocycles. The third-order valence-electron chi connectivity index (χ3n) is 3.94. The van der Waals surface area contributed by atoms with E-state index in [4.69, 9.17) is 4.74 Å². The highest BCUT2D eigenvalue weighted by Crippen LogP contribution is 2.25. The molecule has 1 aromatic rings. The Morgan fingerprint density at radius 2 is 1.86 bits per heavy atom. The molecule has 1 aromatic carbocycles. The number of nitrogens with one attached hydrogen (secondary N) is 2. The summed E-state index contributed by atoms with van der Waals surface area (Å²) in [6.45, 7) is 3.80. The molecule has 0 radical (unpaired) electrons. The van der Waals surface area contributed by atoms with Gasteiger partial charge in [0.15, 0.2) is 0 Å². The second-order valence-corrected chi connectivity index (χ2v) is 7.60. The third-order valence-corrected chi connectivity index (χ3v) is 4.61. The molecular formula is C15H24N2O3S. The summed E-state index contributed by atoms with van der Waals surface area (Å²) in [6, 6.07) is 10.3. The van der Waals surface area contributed by atoms with E-state index in [1.54, 1.807) is 0 Å². The van der Waals surface area contributed by atoms with Crippen molar-refractivity contribution in [3.05, 3.63) is 35.9 Å². The van der Waals surface area contributed by atoms with Crippen LogP contribution in [-0.2, 0) is 14.8 Å². The van der Waals surface area contributed by atoms with Gasteiger partial charge >= 0.3 is 0 Å². The summed E-state index contributed by atoms with van der Waals surface area (Å²) in [4.78, 5) is 0. The number of hydrogen-bond donors (Lipinski definition) is 2. The monoisotopic (exact) mass is 312 g/mol. The molecule has 1 heterocycles. The van der Waals surface area contributed by atoms with E-state index in [0.29, 0.717) is 19.8 Å². The van der Waals surface area contributed by atoms with E-state index < -0.39 is 10.0 Å². The average molecular weight is 312 g/mol. The lowest BCUT2D eigenvalue weighted by Crippen LogP contribution is -2.56. The SMILES string of the molecule is C[C@@H](NC1(CNS(C)(=O)=O)CCOCC1)c1ccccc1. The van der Waals surface area contributed by atoms with Crippen molar-refractivity contribution in [1.82, 2.24) is 10.0 Å². The van der Waals surface area contributed by atoms with Crippen LogP contribution in [0.1, 0.15) is 31.4 Å². The van der Waals surface area contributed by atoms with Gasteiger partial charge in [-0.25, -0.2) is 13.1 Å². The molecule has 5 nitrogen and oxygen atoms in total. The number of ether oxygens (including phenoxy) is 1. The Morgan fingerprint density at radius 1 is 1.24 bits per heavy atom. The smallest absolute Gasteiger partial charge is 0.208 e. The highest BCUT2D eigenvalue weighted by molar-refractivity contribution is 7.88. The minimum atomic E-state index is -3.19. The molecule has 1 aliphatic rings. The van der Waals surface area contributed by atoms with Crippen LogP contribution in [0.5, 0.6) is 0 Å². The first-order valence-corrected chi connectivity index (χ1v) is 9.14. The molecule has 2 N–H and O–H groups in total. The van der Waals surface area contributed by atoms with Crippen molar-refractivity contribution >= 4 is 10.0 Å². The topological polar surface area (TPSA) is 67.4 Å². The molecule has 0 bridgehead atoms. The highest BCUT2D eigenvalue weighted by atomic mass is 32.2. The van der Waals surface area contributed by atoms with E-state index >= 15 is 0 Å². The van der Waals surface area contributed by atoms with Gasteiger partial charge in [-0.2, -0.15) is 0 Å². The van der Waals surface area contributed by atoms with Crippen molar-refractivity contribution < 1.29 is 13.2 Å². The first-order valence-electron chi connectivity index (χ1n) is 7.25. The van der Waals surface area contributed by atoms with Crippen LogP contribution >= 0.6 is 0 Å². The number of hydrogen-bond acceptors (Lipinski definition) is 4. The van der Waals surface area contributed by atoms with E-state index in [1.165, 1.54) is 11.8 Å². The van der Waals surface area contributed by atoms with E-state index in [9.17, 15) is 8.42 Å². The van der Waals surface area contributed by atoms with Gasteiger partial charge in [0.05, 0.1) is 6.26 Å². The summed E-state index contributed by atoms with van der Waals surface area (Å²) in [5.41, 5.74) is 0.944. The van der Waals surface area contributed by atoms with Crippen LogP contribution in [0.2, 0.25) is 0 Å². The molecule has 0 amide bonds. The summed E-state index contributed by atoms with van der Waals surface area (Å²) in [5.74, 6) is 0. The quantitative estimate of drug-likeness (QED) is 0.834. The molecule has 1 atom stereocenters. The molecule has 0 saturated carbocycles. The Hall–Kier alpha value is -0.950. The molecule has 118 valence electrons.